The lowest BCUT2D eigenvalue weighted by molar-refractivity contribution is -0.137. The smallest absolute Gasteiger partial charge is 0.303 e. The summed E-state index contributed by atoms with van der Waals surface area (Å²) in [6.45, 7) is 0.324. The molecule has 0 saturated carbocycles. The number of nitrogens with one attached hydrogen (secondary N) is 1. The Labute approximate surface area is 109 Å². The minimum atomic E-state index is -2.61. The molecule has 6 heteroatoms. The van der Waals surface area contributed by atoms with E-state index in [1.807, 2.05) is 0 Å². The zero-order valence-electron chi connectivity index (χ0n) is 10.2. The van der Waals surface area contributed by atoms with Crippen LogP contribution < -0.4 is 5.32 Å². The van der Waals surface area contributed by atoms with Crippen LogP contribution in [0.25, 0.3) is 0 Å². The van der Waals surface area contributed by atoms with E-state index in [0.29, 0.717) is 19.4 Å². The second-order valence-electron chi connectivity index (χ2n) is 4.03. The largest absolute Gasteiger partial charge is 0.481 e. The summed E-state index contributed by atoms with van der Waals surface area (Å²) in [6, 6.07) is 5.27. The molecule has 0 aliphatic carbocycles. The predicted molar refractivity (Wildman–Crippen MR) is 65.2 cm³/mol. The van der Waals surface area contributed by atoms with Crippen LogP contribution in [0.2, 0.25) is 0 Å². The lowest BCUT2D eigenvalue weighted by atomic mass is 10.1. The highest BCUT2D eigenvalue weighted by molar-refractivity contribution is 5.94. The molecular weight excluding hydrogens is 256 g/mol. The van der Waals surface area contributed by atoms with Crippen LogP contribution in [0.5, 0.6) is 0 Å². The minimum absolute atomic E-state index is 0.0523. The van der Waals surface area contributed by atoms with Crippen LogP contribution in [0.4, 0.5) is 8.78 Å². The van der Waals surface area contributed by atoms with Crippen molar-refractivity contribution >= 4 is 11.9 Å². The number of carboxylic acid groups (broad SMARTS) is 1. The van der Waals surface area contributed by atoms with Gasteiger partial charge in [0, 0.05) is 24.1 Å². The van der Waals surface area contributed by atoms with Gasteiger partial charge in [0.15, 0.2) is 0 Å². The van der Waals surface area contributed by atoms with Crippen molar-refractivity contribution < 1.29 is 23.5 Å². The van der Waals surface area contributed by atoms with E-state index < -0.39 is 18.3 Å². The molecule has 1 aromatic carbocycles. The van der Waals surface area contributed by atoms with Crippen molar-refractivity contribution in [3.05, 3.63) is 35.4 Å². The molecule has 0 radical (unpaired) electrons. The monoisotopic (exact) mass is 271 g/mol. The minimum Gasteiger partial charge on any atom is -0.481 e. The number of carboxylic acids is 1. The van der Waals surface area contributed by atoms with Crippen LogP contribution in [0.1, 0.15) is 41.6 Å². The van der Waals surface area contributed by atoms with E-state index in [1.54, 1.807) is 0 Å². The van der Waals surface area contributed by atoms with Crippen LogP contribution in [-0.4, -0.2) is 23.5 Å². The van der Waals surface area contributed by atoms with Gasteiger partial charge < -0.3 is 10.4 Å². The Morgan fingerprint density at radius 3 is 2.63 bits per heavy atom. The van der Waals surface area contributed by atoms with E-state index in [4.69, 9.17) is 5.11 Å². The van der Waals surface area contributed by atoms with Crippen LogP contribution >= 0.6 is 0 Å². The predicted octanol–water partition coefficient (Wildman–Crippen LogP) is 2.61. The molecule has 0 atom stereocenters. The fraction of sp³-hybridized carbons (Fsp3) is 0.385. The molecule has 2 N–H and O–H groups in total. The number of rotatable bonds is 7. The second kappa shape index (κ2) is 7.45. The SMILES string of the molecule is O=C(O)CCCCNC(=O)c1cccc(C(F)F)c1. The summed E-state index contributed by atoms with van der Waals surface area (Å²) < 4.78 is 24.9. The van der Waals surface area contributed by atoms with Gasteiger partial charge >= 0.3 is 5.97 Å². The summed E-state index contributed by atoms with van der Waals surface area (Å²) in [5.74, 6) is -1.31. The number of aliphatic carboxylic acids is 1. The highest BCUT2D eigenvalue weighted by Crippen LogP contribution is 2.19. The van der Waals surface area contributed by atoms with Crippen LogP contribution in [0.15, 0.2) is 24.3 Å². The van der Waals surface area contributed by atoms with Gasteiger partial charge in [-0.2, -0.15) is 0 Å². The summed E-state index contributed by atoms with van der Waals surface area (Å²) in [5, 5.41) is 11.0. The third-order valence-electron chi connectivity index (χ3n) is 2.50. The molecule has 0 aliphatic rings. The van der Waals surface area contributed by atoms with Crippen molar-refractivity contribution in [3.63, 3.8) is 0 Å². The first-order valence-corrected chi connectivity index (χ1v) is 5.89. The Hall–Kier alpha value is -1.98. The molecule has 0 spiro atoms. The summed E-state index contributed by atoms with van der Waals surface area (Å²) in [7, 11) is 0. The Kier molecular flexibility index (Phi) is 5.92. The molecule has 0 aromatic heterocycles. The van der Waals surface area contributed by atoms with Crippen molar-refractivity contribution in [2.75, 3.05) is 6.54 Å². The molecule has 0 aliphatic heterocycles. The first-order valence-electron chi connectivity index (χ1n) is 5.89. The van der Waals surface area contributed by atoms with Crippen molar-refractivity contribution in [2.45, 2.75) is 25.7 Å². The number of carbonyl (C=O) groups is 2. The molecule has 4 nitrogen and oxygen atoms in total. The Morgan fingerprint density at radius 1 is 1.26 bits per heavy atom. The fourth-order valence-electron chi connectivity index (χ4n) is 1.52. The molecule has 19 heavy (non-hydrogen) atoms. The number of benzene rings is 1. The lowest BCUT2D eigenvalue weighted by Gasteiger charge is -2.06. The summed E-state index contributed by atoms with van der Waals surface area (Å²) in [5.41, 5.74) is -0.0189. The van der Waals surface area contributed by atoms with Crippen molar-refractivity contribution in [1.82, 2.24) is 5.32 Å². The fourth-order valence-corrected chi connectivity index (χ4v) is 1.52. The van der Waals surface area contributed by atoms with E-state index in [-0.39, 0.29) is 17.5 Å². The van der Waals surface area contributed by atoms with Gasteiger partial charge in [-0.1, -0.05) is 12.1 Å². The summed E-state index contributed by atoms with van der Waals surface area (Å²) >= 11 is 0. The number of alkyl halides is 2. The third kappa shape index (κ3) is 5.46. The zero-order chi connectivity index (χ0) is 14.3. The van der Waals surface area contributed by atoms with Gasteiger partial charge in [0.05, 0.1) is 0 Å². The lowest BCUT2D eigenvalue weighted by Crippen LogP contribution is -2.24. The molecule has 0 bridgehead atoms. The molecular formula is C13H15F2NO3. The van der Waals surface area contributed by atoms with Gasteiger partial charge in [-0.15, -0.1) is 0 Å². The topological polar surface area (TPSA) is 66.4 Å². The normalized spacial score (nSPS) is 10.5. The molecule has 0 saturated heterocycles. The maximum atomic E-state index is 12.5. The first-order chi connectivity index (χ1) is 9.00. The third-order valence-corrected chi connectivity index (χ3v) is 2.50. The maximum absolute atomic E-state index is 12.5. The molecule has 1 rings (SSSR count). The van der Waals surface area contributed by atoms with E-state index in [1.165, 1.54) is 18.2 Å². The number of hydrogen-bond acceptors (Lipinski definition) is 2. The van der Waals surface area contributed by atoms with Crippen LogP contribution in [0, 0.1) is 0 Å². The Balaban J connectivity index is 2.41. The molecule has 1 amide bonds. The van der Waals surface area contributed by atoms with E-state index >= 15 is 0 Å². The van der Waals surface area contributed by atoms with Crippen LogP contribution in [0.3, 0.4) is 0 Å². The molecule has 1 aromatic rings. The van der Waals surface area contributed by atoms with Crippen LogP contribution in [-0.2, 0) is 4.79 Å². The first kappa shape index (κ1) is 15.1. The highest BCUT2D eigenvalue weighted by Gasteiger charge is 2.10. The average molecular weight is 271 g/mol. The van der Waals surface area contributed by atoms with Gasteiger partial charge in [-0.25, -0.2) is 8.78 Å². The van der Waals surface area contributed by atoms with E-state index in [2.05, 4.69) is 5.32 Å². The number of hydrogen-bond donors (Lipinski definition) is 2. The van der Waals surface area contributed by atoms with Gasteiger partial charge in [0.1, 0.15) is 0 Å². The number of halogens is 2. The standard InChI is InChI=1S/C13H15F2NO3/c14-12(15)9-4-3-5-10(8-9)13(19)16-7-2-1-6-11(17)18/h3-5,8,12H,1-2,6-7H2,(H,16,19)(H,17,18). The van der Waals surface area contributed by atoms with Crippen molar-refractivity contribution in [3.8, 4) is 0 Å². The molecule has 0 heterocycles. The van der Waals surface area contributed by atoms with E-state index in [9.17, 15) is 18.4 Å². The number of unbranched alkanes of at least 4 members (excludes halogenated alkanes) is 1. The molecule has 0 fully saturated rings. The zero-order valence-corrected chi connectivity index (χ0v) is 10.2. The van der Waals surface area contributed by atoms with E-state index in [0.717, 1.165) is 6.07 Å². The summed E-state index contributed by atoms with van der Waals surface area (Å²) in [4.78, 5) is 21.9. The van der Waals surface area contributed by atoms with Gasteiger partial charge in [-0.05, 0) is 25.0 Å². The molecule has 104 valence electrons. The van der Waals surface area contributed by atoms with Gasteiger partial charge in [0.2, 0.25) is 0 Å². The van der Waals surface area contributed by atoms with Gasteiger partial charge in [0.25, 0.3) is 12.3 Å². The quantitative estimate of drug-likeness (QED) is 0.749. The summed E-state index contributed by atoms with van der Waals surface area (Å²) in [6.07, 6.45) is -1.56. The van der Waals surface area contributed by atoms with Crippen molar-refractivity contribution in [1.29, 1.82) is 0 Å². The number of carbonyl (C=O) groups excluding carboxylic acids is 1. The maximum Gasteiger partial charge on any atom is 0.303 e. The Bertz CT molecular complexity index is 449. The number of amides is 1. The second-order valence-corrected chi connectivity index (χ2v) is 4.03. The highest BCUT2D eigenvalue weighted by atomic mass is 19.3. The van der Waals surface area contributed by atoms with Gasteiger partial charge in [-0.3, -0.25) is 9.59 Å². The average Bonchev–Trinajstić information content (AvgIpc) is 2.37. The van der Waals surface area contributed by atoms with Crippen molar-refractivity contribution in [2.24, 2.45) is 0 Å². The molecule has 0 unspecified atom stereocenters. The Morgan fingerprint density at radius 2 is 2.00 bits per heavy atom.